The van der Waals surface area contributed by atoms with Gasteiger partial charge in [-0.2, -0.15) is 8.42 Å². The predicted octanol–water partition coefficient (Wildman–Crippen LogP) is -0.642. The average molecular weight is 436 g/mol. The largest absolute Gasteiger partial charge is 1.00 e. The molecule has 164 valence electrons. The summed E-state index contributed by atoms with van der Waals surface area (Å²) >= 11 is 0. The number of unbranched alkanes of at least 4 members (excludes halogenated alkanes) is 8. The van der Waals surface area contributed by atoms with Crippen LogP contribution in [0.15, 0.2) is 0 Å². The van der Waals surface area contributed by atoms with Crippen molar-refractivity contribution in [3.8, 4) is 0 Å². The Bertz CT molecular complexity index is 436. The number of carbonyl (C=O) groups excluding carboxylic acids is 1. The molecule has 10 heteroatoms. The third-order valence-corrected chi connectivity index (χ3v) is 4.20. The third kappa shape index (κ3) is 31.1. The molecule has 3 N–H and O–H groups in total. The molecule has 0 saturated carbocycles. The van der Waals surface area contributed by atoms with Crippen molar-refractivity contribution < 1.29 is 61.3 Å². The van der Waals surface area contributed by atoms with E-state index < -0.39 is 16.6 Å². The second kappa shape index (κ2) is 23.7. The summed E-state index contributed by atoms with van der Waals surface area (Å²) in [5.74, 6) is 0.145. The summed E-state index contributed by atoms with van der Waals surface area (Å²) < 4.78 is 35.7. The van der Waals surface area contributed by atoms with Crippen molar-refractivity contribution in [2.75, 3.05) is 19.8 Å². The molecule has 0 rings (SSSR count). The second-order valence-electron chi connectivity index (χ2n) is 6.27. The Hall–Kier alpha value is 0.420. The quantitative estimate of drug-likeness (QED) is 0.133. The van der Waals surface area contributed by atoms with Crippen LogP contribution in [0.2, 0.25) is 0 Å². The van der Waals surface area contributed by atoms with Gasteiger partial charge in [0.05, 0.1) is 6.61 Å². The molecule has 28 heavy (non-hydrogen) atoms. The zero-order valence-corrected chi connectivity index (χ0v) is 20.7. The molecular formula is C18H38NNaO7S. The van der Waals surface area contributed by atoms with Gasteiger partial charge in [-0.1, -0.05) is 58.3 Å². The summed E-state index contributed by atoms with van der Waals surface area (Å²) in [5, 5.41) is 10.2. The number of ketones is 1. The number of Topliss-reactive ketones (excluding diaryl/α,β-unsaturated/α-hetero) is 1. The molecule has 0 aliphatic heterocycles. The van der Waals surface area contributed by atoms with E-state index in [1.807, 2.05) is 0 Å². The molecule has 0 aromatic carbocycles. The molecular weight excluding hydrogens is 397 g/mol. The molecule has 0 saturated heterocycles. The van der Waals surface area contributed by atoms with Gasteiger partial charge in [-0.15, -0.1) is 6.61 Å². The van der Waals surface area contributed by atoms with E-state index in [4.69, 9.17) is 15.0 Å². The fourth-order valence-electron chi connectivity index (χ4n) is 2.37. The maximum absolute atomic E-state index is 11.6. The summed E-state index contributed by atoms with van der Waals surface area (Å²) in [5.41, 5.74) is 5.59. The van der Waals surface area contributed by atoms with Crippen molar-refractivity contribution in [2.24, 2.45) is 5.73 Å². The average Bonchev–Trinajstić information content (AvgIpc) is 2.58. The van der Waals surface area contributed by atoms with E-state index in [1.54, 1.807) is 0 Å². The Morgan fingerprint density at radius 1 is 1.04 bits per heavy atom. The topological polar surface area (TPSA) is 139 Å². The van der Waals surface area contributed by atoms with Gasteiger partial charge in [0.15, 0.2) is 0 Å². The normalized spacial score (nSPS) is 11.9. The Morgan fingerprint density at radius 2 is 1.54 bits per heavy atom. The SMILES string of the molecule is CCCCCCCCCCCC(=O)CC(N)OCC[O-].CCOS(=O)(=O)O.[Na+]. The number of hydrogen-bond donors (Lipinski definition) is 2. The van der Waals surface area contributed by atoms with Gasteiger partial charge in [-0.05, 0) is 13.3 Å². The van der Waals surface area contributed by atoms with Gasteiger partial charge in [-0.25, -0.2) is 4.18 Å². The van der Waals surface area contributed by atoms with Crippen LogP contribution in [0.3, 0.4) is 0 Å². The minimum Gasteiger partial charge on any atom is -0.853 e. The molecule has 0 heterocycles. The van der Waals surface area contributed by atoms with Crippen molar-refractivity contribution in [2.45, 2.75) is 90.7 Å². The second-order valence-corrected chi connectivity index (χ2v) is 7.36. The zero-order chi connectivity index (χ0) is 21.0. The van der Waals surface area contributed by atoms with Crippen LogP contribution in [0.1, 0.15) is 84.5 Å². The Morgan fingerprint density at radius 3 is 1.93 bits per heavy atom. The molecule has 0 fully saturated rings. The van der Waals surface area contributed by atoms with Gasteiger partial charge in [0, 0.05) is 19.4 Å². The Kier molecular flexibility index (Phi) is 28.0. The number of carbonyl (C=O) groups is 1. The standard InChI is InChI=1S/C16H32NO3.C2H6O4S.Na/c1-2-3-4-5-6-7-8-9-10-11-15(19)14-16(17)20-13-12-18;1-2-6-7(3,4)5;/h16H,2-14,17H2,1H3;2H2,1H3,(H,3,4,5);/q-1;;+1. The molecule has 0 bridgehead atoms. The fraction of sp³-hybridized carbons (Fsp3) is 0.944. The smallest absolute Gasteiger partial charge is 0.853 e. The number of rotatable bonds is 17. The van der Waals surface area contributed by atoms with E-state index in [0.29, 0.717) is 6.42 Å². The summed E-state index contributed by atoms with van der Waals surface area (Å²) in [7, 11) is -4.17. The van der Waals surface area contributed by atoms with E-state index in [1.165, 1.54) is 51.9 Å². The van der Waals surface area contributed by atoms with E-state index in [9.17, 15) is 18.3 Å². The Balaban J connectivity index is -0.000000665. The Labute approximate surface area is 193 Å². The van der Waals surface area contributed by atoms with Crippen LogP contribution in [0.5, 0.6) is 0 Å². The maximum atomic E-state index is 11.6. The first kappa shape index (κ1) is 33.1. The summed E-state index contributed by atoms with van der Waals surface area (Å²) in [4.78, 5) is 11.6. The molecule has 0 aliphatic rings. The first-order valence-electron chi connectivity index (χ1n) is 9.85. The van der Waals surface area contributed by atoms with Crippen LogP contribution in [0, 0.1) is 0 Å². The molecule has 0 amide bonds. The molecule has 1 unspecified atom stereocenters. The van der Waals surface area contributed by atoms with Crippen LogP contribution in [-0.4, -0.2) is 44.8 Å². The zero-order valence-electron chi connectivity index (χ0n) is 17.9. The van der Waals surface area contributed by atoms with E-state index in [0.717, 1.165) is 12.8 Å². The van der Waals surface area contributed by atoms with Gasteiger partial charge < -0.3 is 15.6 Å². The minimum absolute atomic E-state index is 0. The molecule has 8 nitrogen and oxygen atoms in total. The van der Waals surface area contributed by atoms with Crippen molar-refractivity contribution in [3.05, 3.63) is 0 Å². The van der Waals surface area contributed by atoms with Crippen molar-refractivity contribution in [1.82, 2.24) is 0 Å². The van der Waals surface area contributed by atoms with Crippen LogP contribution >= 0.6 is 0 Å². The molecule has 0 radical (unpaired) electrons. The summed E-state index contributed by atoms with van der Waals surface area (Å²) in [6.45, 7) is 3.45. The number of nitrogens with two attached hydrogens (primary N) is 1. The maximum Gasteiger partial charge on any atom is 1.00 e. The van der Waals surface area contributed by atoms with Gasteiger partial charge in [0.25, 0.3) is 0 Å². The molecule has 0 aromatic rings. The predicted molar refractivity (Wildman–Crippen MR) is 103 cm³/mol. The van der Waals surface area contributed by atoms with Crippen LogP contribution in [0.25, 0.3) is 0 Å². The summed E-state index contributed by atoms with van der Waals surface area (Å²) in [6.07, 6.45) is 11.5. The van der Waals surface area contributed by atoms with Crippen molar-refractivity contribution in [1.29, 1.82) is 0 Å². The van der Waals surface area contributed by atoms with Gasteiger partial charge >= 0.3 is 40.0 Å². The van der Waals surface area contributed by atoms with Crippen molar-refractivity contribution in [3.63, 3.8) is 0 Å². The molecule has 0 aromatic heterocycles. The summed E-state index contributed by atoms with van der Waals surface area (Å²) in [6, 6.07) is 0. The molecule has 0 aliphatic carbocycles. The minimum atomic E-state index is -4.17. The van der Waals surface area contributed by atoms with Crippen LogP contribution < -0.4 is 40.4 Å². The molecule has 1 atom stereocenters. The van der Waals surface area contributed by atoms with E-state index in [-0.39, 0.29) is 61.6 Å². The van der Waals surface area contributed by atoms with Crippen molar-refractivity contribution >= 4 is 16.2 Å². The first-order chi connectivity index (χ1) is 12.8. The fourth-order valence-corrected chi connectivity index (χ4v) is 2.66. The monoisotopic (exact) mass is 435 g/mol. The van der Waals surface area contributed by atoms with Gasteiger partial charge in [-0.3, -0.25) is 9.35 Å². The van der Waals surface area contributed by atoms with Gasteiger partial charge in [0.2, 0.25) is 0 Å². The number of hydrogen-bond acceptors (Lipinski definition) is 7. The first-order valence-corrected chi connectivity index (χ1v) is 11.2. The molecule has 0 spiro atoms. The number of ether oxygens (including phenoxy) is 1. The van der Waals surface area contributed by atoms with Crippen LogP contribution in [-0.2, 0) is 24.1 Å². The van der Waals surface area contributed by atoms with Gasteiger partial charge in [0.1, 0.15) is 12.0 Å². The van der Waals surface area contributed by atoms with Crippen LogP contribution in [0.4, 0.5) is 0 Å². The van der Waals surface area contributed by atoms with E-state index in [2.05, 4.69) is 11.1 Å². The van der Waals surface area contributed by atoms with E-state index >= 15 is 0 Å². The third-order valence-electron chi connectivity index (χ3n) is 3.67.